The Morgan fingerprint density at radius 2 is 1.95 bits per heavy atom. The molecule has 0 aliphatic rings. The topological polar surface area (TPSA) is 79.4 Å². The second kappa shape index (κ2) is 5.39. The molecule has 2 N–H and O–H groups in total. The van der Waals surface area contributed by atoms with E-state index in [1.165, 1.54) is 13.3 Å². The molecule has 2 aromatic rings. The van der Waals surface area contributed by atoms with Crippen LogP contribution in [0.4, 0.5) is 0 Å². The summed E-state index contributed by atoms with van der Waals surface area (Å²) in [4.78, 5) is 25.6. The Morgan fingerprint density at radius 3 is 2.53 bits per heavy atom. The van der Waals surface area contributed by atoms with E-state index in [2.05, 4.69) is 9.72 Å². The number of aromatic nitrogens is 1. The molecule has 0 atom stereocenters. The number of hydrogen-bond acceptors (Lipinski definition) is 3. The lowest BCUT2D eigenvalue weighted by molar-refractivity contribution is 0.0582. The number of rotatable bonds is 4. The molecule has 0 fully saturated rings. The van der Waals surface area contributed by atoms with Crippen LogP contribution in [0.15, 0.2) is 36.5 Å². The van der Waals surface area contributed by atoms with E-state index in [4.69, 9.17) is 5.11 Å². The van der Waals surface area contributed by atoms with Gasteiger partial charge in [0.25, 0.3) is 0 Å². The molecule has 0 aliphatic carbocycles. The van der Waals surface area contributed by atoms with E-state index in [1.54, 1.807) is 0 Å². The highest BCUT2D eigenvalue weighted by atomic mass is 16.5. The Labute approximate surface area is 109 Å². The molecular formula is C14H13NO4. The molecule has 0 saturated carbocycles. The Morgan fingerprint density at radius 1 is 1.26 bits per heavy atom. The summed E-state index contributed by atoms with van der Waals surface area (Å²) in [6.45, 7) is 0. The van der Waals surface area contributed by atoms with Crippen LogP contribution in [0.25, 0.3) is 0 Å². The Bertz CT molecular complexity index is 601. The van der Waals surface area contributed by atoms with Crippen molar-refractivity contribution in [3.05, 3.63) is 58.9 Å². The van der Waals surface area contributed by atoms with Gasteiger partial charge < -0.3 is 14.8 Å². The fourth-order valence-electron chi connectivity index (χ4n) is 1.91. The van der Waals surface area contributed by atoms with Crippen LogP contribution in [-0.2, 0) is 11.2 Å². The SMILES string of the molecule is COC(=O)c1c(C(=O)O)c[nH]c1Cc1ccccc1. The van der Waals surface area contributed by atoms with Crippen LogP contribution < -0.4 is 0 Å². The van der Waals surface area contributed by atoms with Crippen LogP contribution in [0.1, 0.15) is 32.0 Å². The summed E-state index contributed by atoms with van der Waals surface area (Å²) in [6.07, 6.45) is 1.76. The van der Waals surface area contributed by atoms with E-state index in [-0.39, 0.29) is 11.1 Å². The largest absolute Gasteiger partial charge is 0.478 e. The minimum Gasteiger partial charge on any atom is -0.478 e. The third kappa shape index (κ3) is 2.65. The van der Waals surface area contributed by atoms with Gasteiger partial charge in [-0.3, -0.25) is 0 Å². The van der Waals surface area contributed by atoms with Crippen molar-refractivity contribution in [3.63, 3.8) is 0 Å². The van der Waals surface area contributed by atoms with Crippen molar-refractivity contribution in [2.75, 3.05) is 7.11 Å². The summed E-state index contributed by atoms with van der Waals surface area (Å²) in [5.41, 5.74) is 1.53. The maximum absolute atomic E-state index is 11.7. The Kier molecular flexibility index (Phi) is 3.66. The zero-order valence-electron chi connectivity index (χ0n) is 10.3. The zero-order chi connectivity index (χ0) is 13.8. The first kappa shape index (κ1) is 12.9. The van der Waals surface area contributed by atoms with Gasteiger partial charge in [-0.25, -0.2) is 9.59 Å². The Balaban J connectivity index is 2.41. The van der Waals surface area contributed by atoms with Crippen molar-refractivity contribution in [1.29, 1.82) is 0 Å². The van der Waals surface area contributed by atoms with Crippen molar-refractivity contribution < 1.29 is 19.4 Å². The van der Waals surface area contributed by atoms with E-state index in [0.717, 1.165) is 5.56 Å². The third-order valence-electron chi connectivity index (χ3n) is 2.81. The fourth-order valence-corrected chi connectivity index (χ4v) is 1.91. The normalized spacial score (nSPS) is 10.2. The number of esters is 1. The molecule has 1 aromatic heterocycles. The number of aromatic carboxylic acids is 1. The van der Waals surface area contributed by atoms with Gasteiger partial charge in [0.1, 0.15) is 0 Å². The van der Waals surface area contributed by atoms with Crippen LogP contribution in [0.5, 0.6) is 0 Å². The monoisotopic (exact) mass is 259 g/mol. The quantitative estimate of drug-likeness (QED) is 0.824. The lowest BCUT2D eigenvalue weighted by atomic mass is 10.0. The average Bonchev–Trinajstić information content (AvgIpc) is 2.83. The first-order valence-electron chi connectivity index (χ1n) is 5.69. The van der Waals surface area contributed by atoms with E-state index in [0.29, 0.717) is 12.1 Å². The number of carboxylic acids is 1. The van der Waals surface area contributed by atoms with Gasteiger partial charge in [0.05, 0.1) is 18.2 Å². The molecular weight excluding hydrogens is 246 g/mol. The number of carbonyl (C=O) groups is 2. The van der Waals surface area contributed by atoms with E-state index in [1.807, 2.05) is 30.3 Å². The maximum Gasteiger partial charge on any atom is 0.340 e. The van der Waals surface area contributed by atoms with Gasteiger partial charge in [0, 0.05) is 18.3 Å². The fraction of sp³-hybridized carbons (Fsp3) is 0.143. The van der Waals surface area contributed by atoms with Crippen molar-refractivity contribution in [1.82, 2.24) is 4.98 Å². The molecule has 0 saturated heterocycles. The summed E-state index contributed by atoms with van der Waals surface area (Å²) in [7, 11) is 1.23. The number of hydrogen-bond donors (Lipinski definition) is 2. The van der Waals surface area contributed by atoms with Crippen LogP contribution in [0.3, 0.4) is 0 Å². The summed E-state index contributed by atoms with van der Waals surface area (Å²) < 4.78 is 4.64. The predicted octanol–water partition coefficient (Wildman–Crippen LogP) is 2.09. The van der Waals surface area contributed by atoms with Crippen molar-refractivity contribution in [2.24, 2.45) is 0 Å². The van der Waals surface area contributed by atoms with Gasteiger partial charge in [-0.1, -0.05) is 30.3 Å². The number of benzene rings is 1. The average molecular weight is 259 g/mol. The van der Waals surface area contributed by atoms with Gasteiger partial charge in [0.15, 0.2) is 0 Å². The van der Waals surface area contributed by atoms with Gasteiger partial charge in [0.2, 0.25) is 0 Å². The second-order valence-electron chi connectivity index (χ2n) is 4.02. The summed E-state index contributed by atoms with van der Waals surface area (Å²) in [5.74, 6) is -1.81. The highest BCUT2D eigenvalue weighted by Crippen LogP contribution is 2.19. The van der Waals surface area contributed by atoms with Gasteiger partial charge in [-0.2, -0.15) is 0 Å². The molecule has 0 bridgehead atoms. The number of H-pyrrole nitrogens is 1. The highest BCUT2D eigenvalue weighted by Gasteiger charge is 2.23. The van der Waals surface area contributed by atoms with Gasteiger partial charge >= 0.3 is 11.9 Å². The summed E-state index contributed by atoms with van der Waals surface area (Å²) >= 11 is 0. The number of nitrogens with one attached hydrogen (secondary N) is 1. The van der Waals surface area contributed by atoms with Crippen LogP contribution >= 0.6 is 0 Å². The van der Waals surface area contributed by atoms with E-state index in [9.17, 15) is 9.59 Å². The molecule has 5 heteroatoms. The predicted molar refractivity (Wildman–Crippen MR) is 68.3 cm³/mol. The number of aromatic amines is 1. The van der Waals surface area contributed by atoms with Crippen molar-refractivity contribution in [2.45, 2.75) is 6.42 Å². The van der Waals surface area contributed by atoms with E-state index < -0.39 is 11.9 Å². The second-order valence-corrected chi connectivity index (χ2v) is 4.02. The zero-order valence-corrected chi connectivity index (χ0v) is 10.3. The molecule has 1 heterocycles. The van der Waals surface area contributed by atoms with Crippen LogP contribution in [-0.4, -0.2) is 29.1 Å². The number of ether oxygens (including phenoxy) is 1. The van der Waals surface area contributed by atoms with Gasteiger partial charge in [-0.05, 0) is 5.56 Å². The smallest absolute Gasteiger partial charge is 0.340 e. The molecule has 0 amide bonds. The van der Waals surface area contributed by atoms with Crippen molar-refractivity contribution in [3.8, 4) is 0 Å². The van der Waals surface area contributed by atoms with Crippen LogP contribution in [0.2, 0.25) is 0 Å². The minimum atomic E-state index is -1.16. The molecule has 0 spiro atoms. The van der Waals surface area contributed by atoms with Gasteiger partial charge in [-0.15, -0.1) is 0 Å². The molecule has 0 aliphatic heterocycles. The molecule has 0 unspecified atom stereocenters. The lowest BCUT2D eigenvalue weighted by Gasteiger charge is -2.04. The molecule has 0 radical (unpaired) electrons. The molecule has 19 heavy (non-hydrogen) atoms. The standard InChI is InChI=1S/C14H13NO4/c1-19-14(18)12-10(13(16)17)8-15-11(12)7-9-5-3-2-4-6-9/h2-6,8,15H,7H2,1H3,(H,16,17). The third-order valence-corrected chi connectivity index (χ3v) is 2.81. The molecule has 2 rings (SSSR count). The number of carbonyl (C=O) groups excluding carboxylic acids is 1. The lowest BCUT2D eigenvalue weighted by Crippen LogP contribution is -2.10. The van der Waals surface area contributed by atoms with E-state index >= 15 is 0 Å². The van der Waals surface area contributed by atoms with Crippen molar-refractivity contribution >= 4 is 11.9 Å². The highest BCUT2D eigenvalue weighted by molar-refractivity contribution is 6.03. The maximum atomic E-state index is 11.7. The minimum absolute atomic E-state index is 0.0715. The number of carboxylic acid groups (broad SMARTS) is 1. The number of methoxy groups -OCH3 is 1. The van der Waals surface area contributed by atoms with Crippen LogP contribution in [0, 0.1) is 0 Å². The molecule has 1 aromatic carbocycles. The summed E-state index contributed by atoms with van der Waals surface area (Å²) in [5, 5.41) is 9.06. The first-order valence-corrected chi connectivity index (χ1v) is 5.69. The summed E-state index contributed by atoms with van der Waals surface area (Å²) in [6, 6.07) is 9.47. The first-order chi connectivity index (χ1) is 9.13. The molecule has 98 valence electrons. The molecule has 5 nitrogen and oxygen atoms in total. The Hall–Kier alpha value is -2.56.